The van der Waals surface area contributed by atoms with Gasteiger partial charge in [-0.05, 0) is 49.6 Å². The van der Waals surface area contributed by atoms with E-state index in [1.807, 2.05) is 19.3 Å². The fraction of sp³-hybridized carbons (Fsp3) is 0.389. The van der Waals surface area contributed by atoms with Crippen molar-refractivity contribution in [3.63, 3.8) is 0 Å². The van der Waals surface area contributed by atoms with Crippen molar-refractivity contribution in [3.8, 4) is 0 Å². The van der Waals surface area contributed by atoms with Crippen LogP contribution in [0.15, 0.2) is 36.5 Å². The lowest BCUT2D eigenvalue weighted by Crippen LogP contribution is -2.30. The first-order valence-corrected chi connectivity index (χ1v) is 7.71. The van der Waals surface area contributed by atoms with Crippen LogP contribution in [0.3, 0.4) is 0 Å². The Labute approximate surface area is 126 Å². The van der Waals surface area contributed by atoms with Gasteiger partial charge in [-0.2, -0.15) is 0 Å². The monoisotopic (exact) mass is 281 g/mol. The molecular formula is C18H23N3. The van der Waals surface area contributed by atoms with Crippen LogP contribution in [0.2, 0.25) is 0 Å². The van der Waals surface area contributed by atoms with Crippen LogP contribution in [0.5, 0.6) is 0 Å². The second-order valence-corrected chi connectivity index (χ2v) is 5.74. The van der Waals surface area contributed by atoms with Gasteiger partial charge in [-0.25, -0.2) is 0 Å². The number of aromatic nitrogens is 1. The first-order chi connectivity index (χ1) is 10.3. The summed E-state index contributed by atoms with van der Waals surface area (Å²) in [5.74, 6) is 0. The number of benzene rings is 1. The second-order valence-electron chi connectivity index (χ2n) is 5.74. The molecule has 1 aliphatic rings. The largest absolute Gasteiger partial charge is 0.318 e. The summed E-state index contributed by atoms with van der Waals surface area (Å²) in [6.07, 6.45) is 4.08. The molecule has 0 fully saturated rings. The van der Waals surface area contributed by atoms with E-state index in [1.165, 1.54) is 27.9 Å². The van der Waals surface area contributed by atoms with Crippen LogP contribution in [-0.4, -0.2) is 25.1 Å². The molecule has 110 valence electrons. The number of fused-ring (bicyclic) bond motifs is 2. The van der Waals surface area contributed by atoms with E-state index in [-0.39, 0.29) is 6.04 Å². The lowest BCUT2D eigenvalue weighted by molar-refractivity contribution is 0.575. The minimum atomic E-state index is 0.202. The Morgan fingerprint density at radius 3 is 2.86 bits per heavy atom. The molecule has 1 heterocycles. The molecule has 1 atom stereocenters. The van der Waals surface area contributed by atoms with Crippen LogP contribution in [0.25, 0.3) is 0 Å². The SMILES string of the molecule is CNCCNC1c2ccc(C)cc2CCc2cccnc21. The Kier molecular flexibility index (Phi) is 4.32. The molecule has 1 aromatic heterocycles. The van der Waals surface area contributed by atoms with Crippen molar-refractivity contribution in [1.29, 1.82) is 0 Å². The summed E-state index contributed by atoms with van der Waals surface area (Å²) in [6.45, 7) is 4.06. The van der Waals surface area contributed by atoms with Gasteiger partial charge < -0.3 is 10.6 Å². The fourth-order valence-corrected chi connectivity index (χ4v) is 3.12. The molecule has 21 heavy (non-hydrogen) atoms. The van der Waals surface area contributed by atoms with E-state index in [4.69, 9.17) is 0 Å². The maximum atomic E-state index is 4.68. The molecule has 0 aliphatic heterocycles. The van der Waals surface area contributed by atoms with E-state index in [0.717, 1.165) is 25.9 Å². The molecule has 0 amide bonds. The predicted molar refractivity (Wildman–Crippen MR) is 86.6 cm³/mol. The summed E-state index contributed by atoms with van der Waals surface area (Å²) in [7, 11) is 1.98. The molecule has 0 radical (unpaired) electrons. The zero-order chi connectivity index (χ0) is 14.7. The van der Waals surface area contributed by atoms with Gasteiger partial charge in [0.25, 0.3) is 0 Å². The van der Waals surface area contributed by atoms with Gasteiger partial charge in [-0.15, -0.1) is 0 Å². The highest BCUT2D eigenvalue weighted by molar-refractivity contribution is 5.43. The Morgan fingerprint density at radius 1 is 1.14 bits per heavy atom. The molecule has 3 rings (SSSR count). The first-order valence-electron chi connectivity index (χ1n) is 7.71. The summed E-state index contributed by atoms with van der Waals surface area (Å²) in [6, 6.07) is 11.3. The summed E-state index contributed by atoms with van der Waals surface area (Å²) >= 11 is 0. The number of hydrogen-bond acceptors (Lipinski definition) is 3. The van der Waals surface area contributed by atoms with Crippen molar-refractivity contribution in [1.82, 2.24) is 15.6 Å². The van der Waals surface area contributed by atoms with Crippen molar-refractivity contribution in [3.05, 3.63) is 64.5 Å². The molecule has 1 unspecified atom stereocenters. The van der Waals surface area contributed by atoms with E-state index < -0.39 is 0 Å². The Hall–Kier alpha value is -1.71. The number of nitrogens with zero attached hydrogens (tertiary/aromatic N) is 1. The maximum absolute atomic E-state index is 4.68. The van der Waals surface area contributed by atoms with Gasteiger partial charge in [0.15, 0.2) is 0 Å². The second kappa shape index (κ2) is 6.37. The Balaban J connectivity index is 2.02. The molecule has 2 N–H and O–H groups in total. The van der Waals surface area contributed by atoms with Gasteiger partial charge in [-0.3, -0.25) is 4.98 Å². The lowest BCUT2D eigenvalue weighted by atomic mass is 9.96. The van der Waals surface area contributed by atoms with Gasteiger partial charge in [0.1, 0.15) is 0 Å². The van der Waals surface area contributed by atoms with E-state index in [9.17, 15) is 0 Å². The highest BCUT2D eigenvalue weighted by Crippen LogP contribution is 2.31. The molecule has 0 bridgehead atoms. The zero-order valence-corrected chi connectivity index (χ0v) is 12.8. The smallest absolute Gasteiger partial charge is 0.0757 e. The average Bonchev–Trinajstić information content (AvgIpc) is 2.65. The van der Waals surface area contributed by atoms with Crippen LogP contribution in [0, 0.1) is 6.92 Å². The molecule has 1 aromatic carbocycles. The number of likely N-dealkylation sites (N-methyl/N-ethyl adjacent to an activating group) is 1. The van der Waals surface area contributed by atoms with E-state index in [0.29, 0.717) is 0 Å². The van der Waals surface area contributed by atoms with Crippen LogP contribution in [-0.2, 0) is 12.8 Å². The van der Waals surface area contributed by atoms with Gasteiger partial charge in [-0.1, -0.05) is 29.8 Å². The highest BCUT2D eigenvalue weighted by Gasteiger charge is 2.24. The number of rotatable bonds is 4. The number of aryl methyl sites for hydroxylation is 3. The predicted octanol–water partition coefficient (Wildman–Crippen LogP) is 2.39. The molecule has 0 saturated carbocycles. The van der Waals surface area contributed by atoms with E-state index >= 15 is 0 Å². The molecule has 2 aromatic rings. The van der Waals surface area contributed by atoms with Gasteiger partial charge in [0.2, 0.25) is 0 Å². The highest BCUT2D eigenvalue weighted by atomic mass is 15.0. The van der Waals surface area contributed by atoms with Gasteiger partial charge in [0, 0.05) is 19.3 Å². The van der Waals surface area contributed by atoms with Crippen molar-refractivity contribution >= 4 is 0 Å². The summed E-state index contributed by atoms with van der Waals surface area (Å²) in [4.78, 5) is 4.68. The number of pyridine rings is 1. The molecule has 3 heteroatoms. The van der Waals surface area contributed by atoms with Crippen molar-refractivity contribution in [2.75, 3.05) is 20.1 Å². The van der Waals surface area contributed by atoms with E-state index in [2.05, 4.69) is 46.8 Å². The molecule has 1 aliphatic carbocycles. The fourth-order valence-electron chi connectivity index (χ4n) is 3.12. The molecule has 0 saturated heterocycles. The third-order valence-corrected chi connectivity index (χ3v) is 4.20. The van der Waals surface area contributed by atoms with Crippen LogP contribution < -0.4 is 10.6 Å². The molecule has 0 spiro atoms. The third-order valence-electron chi connectivity index (χ3n) is 4.20. The minimum Gasteiger partial charge on any atom is -0.318 e. The number of nitrogens with one attached hydrogen (secondary N) is 2. The number of hydrogen-bond donors (Lipinski definition) is 2. The first kappa shape index (κ1) is 14.2. The van der Waals surface area contributed by atoms with Crippen LogP contribution in [0.4, 0.5) is 0 Å². The Bertz CT molecular complexity index is 622. The summed E-state index contributed by atoms with van der Waals surface area (Å²) < 4.78 is 0. The summed E-state index contributed by atoms with van der Waals surface area (Å²) in [5.41, 5.74) is 6.73. The third kappa shape index (κ3) is 2.99. The normalized spacial score (nSPS) is 17.0. The lowest BCUT2D eigenvalue weighted by Gasteiger charge is -2.21. The minimum absolute atomic E-state index is 0.202. The Morgan fingerprint density at radius 2 is 2.00 bits per heavy atom. The average molecular weight is 281 g/mol. The maximum Gasteiger partial charge on any atom is 0.0757 e. The van der Waals surface area contributed by atoms with Crippen LogP contribution in [0.1, 0.15) is 34.0 Å². The topological polar surface area (TPSA) is 37.0 Å². The van der Waals surface area contributed by atoms with Crippen molar-refractivity contribution in [2.45, 2.75) is 25.8 Å². The van der Waals surface area contributed by atoms with E-state index in [1.54, 1.807) is 0 Å². The summed E-state index contributed by atoms with van der Waals surface area (Å²) in [5, 5.41) is 6.87. The zero-order valence-electron chi connectivity index (χ0n) is 12.8. The quantitative estimate of drug-likeness (QED) is 0.845. The van der Waals surface area contributed by atoms with Crippen molar-refractivity contribution in [2.24, 2.45) is 0 Å². The molecular weight excluding hydrogens is 258 g/mol. The van der Waals surface area contributed by atoms with Crippen LogP contribution >= 0.6 is 0 Å². The standard InChI is InChI=1S/C18H23N3/c1-13-5-8-16-15(12-13)7-6-14-4-3-9-20-17(14)18(16)21-11-10-19-2/h3-5,8-9,12,18-19,21H,6-7,10-11H2,1-2H3. The molecule has 3 nitrogen and oxygen atoms in total. The van der Waals surface area contributed by atoms with Gasteiger partial charge >= 0.3 is 0 Å². The van der Waals surface area contributed by atoms with Crippen molar-refractivity contribution < 1.29 is 0 Å². The van der Waals surface area contributed by atoms with Gasteiger partial charge in [0.05, 0.1) is 11.7 Å².